The summed E-state index contributed by atoms with van der Waals surface area (Å²) in [5.41, 5.74) is 2.02. The van der Waals surface area contributed by atoms with E-state index in [-0.39, 0.29) is 0 Å². The van der Waals surface area contributed by atoms with Crippen LogP contribution in [-0.4, -0.2) is 46.2 Å². The van der Waals surface area contributed by atoms with E-state index in [0.29, 0.717) is 28.4 Å². The molecule has 1 aliphatic heterocycles. The van der Waals surface area contributed by atoms with Crippen molar-refractivity contribution in [3.05, 3.63) is 70.0 Å². The number of piperazine rings is 1. The van der Waals surface area contributed by atoms with E-state index in [1.807, 2.05) is 48.5 Å². The molecule has 0 aliphatic carbocycles. The number of hydrogen-bond acceptors (Lipinski definition) is 5. The highest BCUT2D eigenvalue weighted by Gasteiger charge is 2.20. The summed E-state index contributed by atoms with van der Waals surface area (Å²) in [5, 5.41) is 9.61. The number of aromatic nitrogens is 2. The molecule has 0 spiro atoms. The number of halogens is 2. The van der Waals surface area contributed by atoms with Crippen LogP contribution in [0.3, 0.4) is 0 Å². The first-order valence-electron chi connectivity index (χ1n) is 8.94. The smallest absolute Gasteiger partial charge is 0.247 e. The van der Waals surface area contributed by atoms with E-state index in [2.05, 4.69) is 20.0 Å². The van der Waals surface area contributed by atoms with Crippen molar-refractivity contribution in [3.8, 4) is 11.5 Å². The van der Waals surface area contributed by atoms with E-state index in [4.69, 9.17) is 27.6 Å². The van der Waals surface area contributed by atoms with Gasteiger partial charge in [0.25, 0.3) is 0 Å². The van der Waals surface area contributed by atoms with Crippen molar-refractivity contribution < 1.29 is 4.42 Å². The number of hydrogen-bond donors (Lipinski definition) is 0. The van der Waals surface area contributed by atoms with Crippen LogP contribution in [0.1, 0.15) is 11.5 Å². The van der Waals surface area contributed by atoms with Crippen LogP contribution in [0, 0.1) is 0 Å². The zero-order chi connectivity index (χ0) is 18.6. The Bertz CT molecular complexity index is 892. The monoisotopic (exact) mass is 402 g/mol. The molecule has 27 heavy (non-hydrogen) atoms. The van der Waals surface area contributed by atoms with Gasteiger partial charge in [-0.2, -0.15) is 0 Å². The Morgan fingerprint density at radius 1 is 0.815 bits per heavy atom. The third-order valence-electron chi connectivity index (χ3n) is 4.74. The maximum Gasteiger partial charge on any atom is 0.247 e. The van der Waals surface area contributed by atoms with E-state index >= 15 is 0 Å². The minimum absolute atomic E-state index is 0.569. The van der Waals surface area contributed by atoms with Gasteiger partial charge in [-0.1, -0.05) is 53.5 Å². The first-order chi connectivity index (χ1) is 13.2. The quantitative estimate of drug-likeness (QED) is 0.634. The van der Waals surface area contributed by atoms with Gasteiger partial charge in [0.1, 0.15) is 0 Å². The molecule has 2 heterocycles. The number of benzene rings is 2. The second kappa shape index (κ2) is 8.40. The summed E-state index contributed by atoms with van der Waals surface area (Å²) in [6.07, 6.45) is 0. The molecule has 0 N–H and O–H groups in total. The van der Waals surface area contributed by atoms with E-state index in [1.54, 1.807) is 0 Å². The van der Waals surface area contributed by atoms with Crippen LogP contribution in [0.4, 0.5) is 0 Å². The van der Waals surface area contributed by atoms with Crippen molar-refractivity contribution >= 4 is 23.2 Å². The second-order valence-corrected chi connectivity index (χ2v) is 7.42. The molecular weight excluding hydrogens is 383 g/mol. The summed E-state index contributed by atoms with van der Waals surface area (Å²) < 4.78 is 5.81. The Labute approximate surface area is 168 Å². The fourth-order valence-corrected chi connectivity index (χ4v) is 3.60. The second-order valence-electron chi connectivity index (χ2n) is 6.63. The lowest BCUT2D eigenvalue weighted by atomic mass is 10.2. The molecule has 7 heteroatoms. The van der Waals surface area contributed by atoms with Crippen LogP contribution in [0.25, 0.3) is 11.5 Å². The SMILES string of the molecule is Clc1cccc(CN2CCN(Cc3nnc(-c4ccccc4)o3)CC2)c1Cl. The molecule has 2 aromatic carbocycles. The molecule has 0 bridgehead atoms. The molecule has 0 unspecified atom stereocenters. The van der Waals surface area contributed by atoms with Gasteiger partial charge in [-0.05, 0) is 23.8 Å². The van der Waals surface area contributed by atoms with E-state index in [9.17, 15) is 0 Å². The Balaban J connectivity index is 1.31. The van der Waals surface area contributed by atoms with E-state index < -0.39 is 0 Å². The van der Waals surface area contributed by atoms with Gasteiger partial charge in [-0.3, -0.25) is 9.80 Å². The molecular formula is C20H20Cl2N4O. The molecule has 4 rings (SSSR count). The standard InChI is InChI=1S/C20H20Cl2N4O/c21-17-8-4-7-16(19(17)22)13-25-9-11-26(12-10-25)14-18-23-24-20(27-18)15-5-2-1-3-6-15/h1-8H,9-14H2. The lowest BCUT2D eigenvalue weighted by Crippen LogP contribution is -2.45. The normalized spacial score (nSPS) is 15.9. The molecule has 1 aliphatic rings. The molecule has 0 radical (unpaired) electrons. The summed E-state index contributed by atoms with van der Waals surface area (Å²) in [4.78, 5) is 4.72. The largest absolute Gasteiger partial charge is 0.419 e. The minimum Gasteiger partial charge on any atom is -0.419 e. The molecule has 0 saturated carbocycles. The number of nitrogens with zero attached hydrogens (tertiary/aromatic N) is 4. The van der Waals surface area contributed by atoms with Gasteiger partial charge >= 0.3 is 0 Å². The molecule has 0 atom stereocenters. The maximum atomic E-state index is 6.30. The van der Waals surface area contributed by atoms with E-state index in [0.717, 1.165) is 43.9 Å². The lowest BCUT2D eigenvalue weighted by molar-refractivity contribution is 0.114. The average Bonchev–Trinajstić information content (AvgIpc) is 3.16. The van der Waals surface area contributed by atoms with Gasteiger partial charge in [-0.15, -0.1) is 10.2 Å². The third kappa shape index (κ3) is 4.50. The Morgan fingerprint density at radius 3 is 2.26 bits per heavy atom. The van der Waals surface area contributed by atoms with Gasteiger partial charge in [0.05, 0.1) is 16.6 Å². The summed E-state index contributed by atoms with van der Waals surface area (Å²) in [6, 6.07) is 15.6. The topological polar surface area (TPSA) is 45.4 Å². The zero-order valence-electron chi connectivity index (χ0n) is 14.8. The molecule has 1 saturated heterocycles. The molecule has 0 amide bonds. The first kappa shape index (κ1) is 18.4. The van der Waals surface area contributed by atoms with Crippen LogP contribution in [0.2, 0.25) is 10.0 Å². The summed E-state index contributed by atoms with van der Waals surface area (Å²) in [5.74, 6) is 1.22. The average molecular weight is 403 g/mol. The zero-order valence-corrected chi connectivity index (χ0v) is 16.3. The Hall–Kier alpha value is -1.92. The summed E-state index contributed by atoms with van der Waals surface area (Å²) in [7, 11) is 0. The van der Waals surface area contributed by atoms with Gasteiger partial charge in [-0.25, -0.2) is 0 Å². The van der Waals surface area contributed by atoms with Crippen molar-refractivity contribution in [1.82, 2.24) is 20.0 Å². The van der Waals surface area contributed by atoms with Crippen LogP contribution >= 0.6 is 23.2 Å². The highest BCUT2D eigenvalue weighted by atomic mass is 35.5. The van der Waals surface area contributed by atoms with Crippen molar-refractivity contribution in [2.75, 3.05) is 26.2 Å². The van der Waals surface area contributed by atoms with Crippen molar-refractivity contribution in [1.29, 1.82) is 0 Å². The van der Waals surface area contributed by atoms with E-state index in [1.165, 1.54) is 0 Å². The van der Waals surface area contributed by atoms with Gasteiger partial charge in [0.15, 0.2) is 0 Å². The minimum atomic E-state index is 0.569. The Kier molecular flexibility index (Phi) is 5.74. The molecule has 1 aromatic heterocycles. The highest BCUT2D eigenvalue weighted by Crippen LogP contribution is 2.27. The fourth-order valence-electron chi connectivity index (χ4n) is 3.22. The molecule has 3 aromatic rings. The first-order valence-corrected chi connectivity index (χ1v) is 9.70. The molecule has 140 valence electrons. The summed E-state index contributed by atoms with van der Waals surface area (Å²) in [6.45, 7) is 5.30. The third-order valence-corrected chi connectivity index (χ3v) is 5.59. The number of rotatable bonds is 5. The van der Waals surface area contributed by atoms with Crippen LogP contribution < -0.4 is 0 Å². The molecule has 1 fully saturated rings. The Morgan fingerprint density at radius 2 is 1.52 bits per heavy atom. The van der Waals surface area contributed by atoms with Crippen molar-refractivity contribution in [3.63, 3.8) is 0 Å². The van der Waals surface area contributed by atoms with Gasteiger partial charge < -0.3 is 4.42 Å². The van der Waals surface area contributed by atoms with Gasteiger partial charge in [0.2, 0.25) is 11.8 Å². The van der Waals surface area contributed by atoms with Crippen LogP contribution in [0.5, 0.6) is 0 Å². The van der Waals surface area contributed by atoms with Gasteiger partial charge in [0, 0.05) is 38.3 Å². The van der Waals surface area contributed by atoms with Crippen molar-refractivity contribution in [2.45, 2.75) is 13.1 Å². The predicted octanol–water partition coefficient (Wildman–Crippen LogP) is 4.36. The fraction of sp³-hybridized carbons (Fsp3) is 0.300. The summed E-state index contributed by atoms with van der Waals surface area (Å²) >= 11 is 12.4. The predicted molar refractivity (Wildman–Crippen MR) is 107 cm³/mol. The van der Waals surface area contributed by atoms with Crippen LogP contribution in [-0.2, 0) is 13.1 Å². The lowest BCUT2D eigenvalue weighted by Gasteiger charge is -2.34. The highest BCUT2D eigenvalue weighted by molar-refractivity contribution is 6.42. The maximum absolute atomic E-state index is 6.30. The molecule has 5 nitrogen and oxygen atoms in total. The van der Waals surface area contributed by atoms with Crippen molar-refractivity contribution in [2.24, 2.45) is 0 Å². The van der Waals surface area contributed by atoms with Crippen LogP contribution in [0.15, 0.2) is 52.9 Å².